The molecule has 0 aliphatic rings. The van der Waals surface area contributed by atoms with Crippen LogP contribution in [0.4, 0.5) is 24.5 Å². The highest BCUT2D eigenvalue weighted by Gasteiger charge is 2.38. The van der Waals surface area contributed by atoms with Gasteiger partial charge in [-0.2, -0.15) is 23.3 Å². The fourth-order valence-corrected chi connectivity index (χ4v) is 2.60. The number of nitrogens with two attached hydrogens (primary N) is 1. The maximum atomic E-state index is 12.7. The third kappa shape index (κ3) is 5.09. The molecule has 3 rings (SSSR count). The Bertz CT molecular complexity index is 1170. The van der Waals surface area contributed by atoms with Crippen LogP contribution in [0.5, 0.6) is 0 Å². The molecule has 32 heavy (non-hydrogen) atoms. The van der Waals surface area contributed by atoms with Crippen molar-refractivity contribution >= 4 is 29.6 Å². The predicted molar refractivity (Wildman–Crippen MR) is 112 cm³/mol. The number of pyridine rings is 1. The lowest BCUT2D eigenvalue weighted by molar-refractivity contribution is -0.159. The molecule has 0 radical (unpaired) electrons. The van der Waals surface area contributed by atoms with Gasteiger partial charge in [0, 0.05) is 31.7 Å². The van der Waals surface area contributed by atoms with Crippen molar-refractivity contribution in [2.75, 3.05) is 18.1 Å². The van der Waals surface area contributed by atoms with Crippen LogP contribution in [-0.2, 0) is 6.18 Å². The number of halogens is 3. The van der Waals surface area contributed by atoms with E-state index in [2.05, 4.69) is 36.8 Å². The van der Waals surface area contributed by atoms with Gasteiger partial charge >= 0.3 is 12.1 Å². The Kier molecular flexibility index (Phi) is 6.23. The maximum absolute atomic E-state index is 12.7. The van der Waals surface area contributed by atoms with Crippen LogP contribution in [0.3, 0.4) is 0 Å². The van der Waals surface area contributed by atoms with E-state index < -0.39 is 18.0 Å². The van der Waals surface area contributed by atoms with Crippen LogP contribution in [-0.4, -0.2) is 39.8 Å². The van der Waals surface area contributed by atoms with Gasteiger partial charge in [-0.3, -0.25) is 14.8 Å². The average molecular weight is 445 g/mol. The molecule has 0 atom stereocenters. The molecule has 0 aliphatic heterocycles. The number of nitrogens with zero attached hydrogens (tertiary/aromatic N) is 5. The first-order valence-electron chi connectivity index (χ1n) is 9.05. The summed E-state index contributed by atoms with van der Waals surface area (Å²) in [6.07, 6.45) is -1.49. The highest BCUT2D eigenvalue weighted by atomic mass is 19.4. The second-order valence-corrected chi connectivity index (χ2v) is 6.64. The first kappa shape index (κ1) is 22.5. The standard InChI is InChI=1S/C20H18F3N7O2/c1-11(10-30(3)25-2)13-5-7-15(26-9-13)18(31)27-16-8-12(4-6-14(16)24)17-28-19(32-29-17)20(21,22)23/h4-10H,2,24H2,1,3H3,(H,27,31)/b11-10+. The van der Waals surface area contributed by atoms with Crippen molar-refractivity contribution in [1.29, 1.82) is 0 Å². The van der Waals surface area contributed by atoms with Gasteiger partial charge in [-0.1, -0.05) is 11.2 Å². The van der Waals surface area contributed by atoms with Crippen LogP contribution < -0.4 is 11.1 Å². The fraction of sp³-hybridized carbons (Fsp3) is 0.150. The number of benzene rings is 1. The number of rotatable bonds is 6. The number of hydrogen-bond acceptors (Lipinski definition) is 8. The molecule has 1 amide bonds. The van der Waals surface area contributed by atoms with E-state index in [-0.39, 0.29) is 28.5 Å². The van der Waals surface area contributed by atoms with Crippen molar-refractivity contribution in [1.82, 2.24) is 20.1 Å². The van der Waals surface area contributed by atoms with Crippen molar-refractivity contribution in [3.8, 4) is 11.4 Å². The second kappa shape index (κ2) is 8.88. The summed E-state index contributed by atoms with van der Waals surface area (Å²) < 4.78 is 42.3. The summed E-state index contributed by atoms with van der Waals surface area (Å²) in [5, 5.41) is 11.2. The van der Waals surface area contributed by atoms with Gasteiger partial charge in [-0.05, 0) is 42.3 Å². The Hall–Kier alpha value is -4.22. The van der Waals surface area contributed by atoms with Crippen molar-refractivity contribution in [3.63, 3.8) is 0 Å². The Balaban J connectivity index is 1.79. The van der Waals surface area contributed by atoms with Gasteiger partial charge in [-0.25, -0.2) is 0 Å². The van der Waals surface area contributed by atoms with Crippen LogP contribution >= 0.6 is 0 Å². The van der Waals surface area contributed by atoms with Crippen molar-refractivity contribution in [2.45, 2.75) is 13.1 Å². The van der Waals surface area contributed by atoms with E-state index in [4.69, 9.17) is 5.73 Å². The van der Waals surface area contributed by atoms with E-state index in [1.165, 1.54) is 35.5 Å². The fourth-order valence-electron chi connectivity index (χ4n) is 2.60. The van der Waals surface area contributed by atoms with E-state index >= 15 is 0 Å². The van der Waals surface area contributed by atoms with Crippen molar-refractivity contribution < 1.29 is 22.5 Å². The smallest absolute Gasteiger partial charge is 0.397 e. The number of hydrazone groups is 1. The molecule has 2 heterocycles. The maximum Gasteiger partial charge on any atom is 0.471 e. The molecule has 0 bridgehead atoms. The molecular weight excluding hydrogens is 427 g/mol. The van der Waals surface area contributed by atoms with E-state index in [1.807, 2.05) is 6.92 Å². The summed E-state index contributed by atoms with van der Waals surface area (Å²) in [4.78, 5) is 20.1. The van der Waals surface area contributed by atoms with E-state index in [0.717, 1.165) is 11.1 Å². The monoisotopic (exact) mass is 445 g/mol. The number of anilines is 2. The summed E-state index contributed by atoms with van der Waals surface area (Å²) >= 11 is 0. The molecule has 1 aromatic carbocycles. The number of aromatic nitrogens is 3. The number of nitrogens with one attached hydrogen (secondary N) is 1. The number of allylic oxidation sites excluding steroid dienone is 1. The zero-order valence-corrected chi connectivity index (χ0v) is 17.0. The molecule has 166 valence electrons. The molecule has 0 saturated carbocycles. The number of hydrogen-bond donors (Lipinski definition) is 2. The lowest BCUT2D eigenvalue weighted by atomic mass is 10.1. The van der Waals surface area contributed by atoms with Crippen LogP contribution in [0.25, 0.3) is 17.0 Å². The topological polar surface area (TPSA) is 123 Å². The van der Waals surface area contributed by atoms with Crippen LogP contribution in [0, 0.1) is 0 Å². The third-order valence-corrected chi connectivity index (χ3v) is 4.28. The van der Waals surface area contributed by atoms with Gasteiger partial charge in [0.15, 0.2) is 0 Å². The predicted octanol–water partition coefficient (Wildman–Crippen LogP) is 3.89. The lowest BCUT2D eigenvalue weighted by Crippen LogP contribution is -2.15. The Morgan fingerprint density at radius 1 is 1.31 bits per heavy atom. The van der Waals surface area contributed by atoms with E-state index in [1.54, 1.807) is 19.3 Å². The van der Waals surface area contributed by atoms with E-state index in [0.29, 0.717) is 0 Å². The largest absolute Gasteiger partial charge is 0.471 e. The number of nitrogen functional groups attached to an aromatic ring is 1. The summed E-state index contributed by atoms with van der Waals surface area (Å²) in [5.41, 5.74) is 8.16. The van der Waals surface area contributed by atoms with Crippen molar-refractivity contribution in [3.05, 3.63) is 59.9 Å². The molecule has 0 saturated heterocycles. The molecule has 0 unspecified atom stereocenters. The summed E-state index contributed by atoms with van der Waals surface area (Å²) in [5.74, 6) is -2.33. The zero-order valence-electron chi connectivity index (χ0n) is 17.0. The Morgan fingerprint density at radius 3 is 2.66 bits per heavy atom. The van der Waals surface area contributed by atoms with Gasteiger partial charge in [0.1, 0.15) is 5.69 Å². The minimum absolute atomic E-state index is 0.112. The summed E-state index contributed by atoms with van der Waals surface area (Å²) in [7, 11) is 1.72. The molecule has 0 spiro atoms. The average Bonchev–Trinajstić information content (AvgIpc) is 3.26. The molecule has 2 aromatic heterocycles. The molecule has 3 aromatic rings. The van der Waals surface area contributed by atoms with Gasteiger partial charge in [0.25, 0.3) is 5.91 Å². The SMILES string of the molecule is C=NN(C)/C=C(\C)c1ccc(C(=O)Nc2cc(-c3noc(C(F)(F)F)n3)ccc2N)nc1. The first-order chi connectivity index (χ1) is 15.1. The van der Waals surface area contributed by atoms with Crippen LogP contribution in [0.1, 0.15) is 28.9 Å². The molecule has 12 heteroatoms. The highest BCUT2D eigenvalue weighted by Crippen LogP contribution is 2.31. The van der Waals surface area contributed by atoms with Crippen LogP contribution in [0.15, 0.2) is 52.4 Å². The number of alkyl halides is 3. The Labute approximate surface area is 180 Å². The summed E-state index contributed by atoms with van der Waals surface area (Å²) in [6, 6.07) is 7.40. The highest BCUT2D eigenvalue weighted by molar-refractivity contribution is 6.04. The van der Waals surface area contributed by atoms with Crippen LogP contribution in [0.2, 0.25) is 0 Å². The quantitative estimate of drug-likeness (QED) is 0.335. The number of carbonyl (C=O) groups excluding carboxylic acids is 1. The first-order valence-corrected chi connectivity index (χ1v) is 9.05. The summed E-state index contributed by atoms with van der Waals surface area (Å²) in [6.45, 7) is 5.27. The van der Waals surface area contributed by atoms with Gasteiger partial charge < -0.3 is 15.6 Å². The molecule has 0 aliphatic carbocycles. The van der Waals surface area contributed by atoms with E-state index in [9.17, 15) is 18.0 Å². The molecular formula is C20H18F3N7O2. The zero-order chi connectivity index (χ0) is 23.5. The normalized spacial score (nSPS) is 11.8. The second-order valence-electron chi connectivity index (χ2n) is 6.64. The minimum atomic E-state index is -4.76. The molecule has 9 nitrogen and oxygen atoms in total. The molecule has 0 fully saturated rings. The number of amides is 1. The third-order valence-electron chi connectivity index (χ3n) is 4.28. The number of carbonyl (C=O) groups is 1. The Morgan fingerprint density at radius 2 is 2.06 bits per heavy atom. The van der Waals surface area contributed by atoms with Gasteiger partial charge in [0.2, 0.25) is 5.82 Å². The molecule has 3 N–H and O–H groups in total. The minimum Gasteiger partial charge on any atom is -0.397 e. The van der Waals surface area contributed by atoms with Gasteiger partial charge in [-0.15, -0.1) is 0 Å². The lowest BCUT2D eigenvalue weighted by Gasteiger charge is -2.10. The van der Waals surface area contributed by atoms with Gasteiger partial charge in [0.05, 0.1) is 11.4 Å². The van der Waals surface area contributed by atoms with Crippen molar-refractivity contribution in [2.24, 2.45) is 5.10 Å².